The molecule has 5 rings (SSSR count). The summed E-state index contributed by atoms with van der Waals surface area (Å²) in [6.45, 7) is 6.52. The van der Waals surface area contributed by atoms with E-state index in [9.17, 15) is 9.90 Å². The molecule has 2 aliphatic rings. The van der Waals surface area contributed by atoms with E-state index < -0.39 is 0 Å². The first kappa shape index (κ1) is 15.6. The Morgan fingerprint density at radius 1 is 0.923 bits per heavy atom. The molecule has 2 heteroatoms. The van der Waals surface area contributed by atoms with Gasteiger partial charge in [0.05, 0.1) is 0 Å². The molecule has 0 amide bonds. The molecule has 3 aromatic carbocycles. The van der Waals surface area contributed by atoms with Gasteiger partial charge < -0.3 is 5.11 Å². The highest BCUT2D eigenvalue weighted by Gasteiger charge is 2.40. The fourth-order valence-electron chi connectivity index (χ4n) is 5.12. The number of phenolic OH excluding ortho intramolecular Hbond substituents is 1. The molecule has 130 valence electrons. The van der Waals surface area contributed by atoms with E-state index in [-0.39, 0.29) is 11.2 Å². The Hall–Kier alpha value is -2.61. The minimum Gasteiger partial charge on any atom is -0.507 e. The van der Waals surface area contributed by atoms with Gasteiger partial charge in [0.2, 0.25) is 0 Å². The summed E-state index contributed by atoms with van der Waals surface area (Å²) in [5, 5.41) is 12.6. The normalized spacial score (nSPS) is 17.1. The molecule has 0 unspecified atom stereocenters. The van der Waals surface area contributed by atoms with E-state index in [2.05, 4.69) is 32.9 Å². The predicted octanol–water partition coefficient (Wildman–Crippen LogP) is 5.68. The van der Waals surface area contributed by atoms with Crippen molar-refractivity contribution in [2.75, 3.05) is 0 Å². The molecule has 0 bridgehead atoms. The SMILES string of the molecule is Cc1cc2c(c3c1C(=O)CCC3)-c1c(cc(O)c3ccccc13)C2(C)C. The Balaban J connectivity index is 2.00. The van der Waals surface area contributed by atoms with E-state index in [1.165, 1.54) is 22.3 Å². The summed E-state index contributed by atoms with van der Waals surface area (Å²) in [6, 6.07) is 12.2. The van der Waals surface area contributed by atoms with E-state index in [1.807, 2.05) is 24.3 Å². The first-order valence-corrected chi connectivity index (χ1v) is 9.37. The number of carbonyl (C=O) groups excluding carboxylic acids is 1. The Bertz CT molecular complexity index is 1120. The second-order valence-corrected chi connectivity index (χ2v) is 8.24. The van der Waals surface area contributed by atoms with E-state index in [0.29, 0.717) is 12.2 Å². The van der Waals surface area contributed by atoms with Crippen LogP contribution in [0.3, 0.4) is 0 Å². The number of hydrogen-bond donors (Lipinski definition) is 1. The summed E-state index contributed by atoms with van der Waals surface area (Å²) in [5.74, 6) is 0.614. The standard InChI is InChI=1S/C24H22O2/c1-13-11-17-23(16-9-6-10-19(25)21(13)16)22-15-8-5-4-7-14(15)20(26)12-18(22)24(17,2)3/h4-5,7-8,11-12,26H,6,9-10H2,1-3H3. The average Bonchev–Trinajstić information content (AvgIpc) is 2.83. The molecule has 0 spiro atoms. The molecule has 2 aliphatic carbocycles. The molecule has 0 saturated carbocycles. The van der Waals surface area contributed by atoms with Crippen molar-refractivity contribution in [2.45, 2.75) is 45.4 Å². The van der Waals surface area contributed by atoms with E-state index >= 15 is 0 Å². The molecular formula is C24H22O2. The molecule has 0 fully saturated rings. The third-order valence-corrected chi connectivity index (χ3v) is 6.36. The van der Waals surface area contributed by atoms with Crippen molar-refractivity contribution in [3.05, 3.63) is 64.2 Å². The van der Waals surface area contributed by atoms with Crippen LogP contribution in [-0.2, 0) is 11.8 Å². The van der Waals surface area contributed by atoms with Gasteiger partial charge in [0.1, 0.15) is 5.75 Å². The van der Waals surface area contributed by atoms with Crippen LogP contribution in [0.4, 0.5) is 0 Å². The lowest BCUT2D eigenvalue weighted by molar-refractivity contribution is 0.0972. The summed E-state index contributed by atoms with van der Waals surface area (Å²) in [7, 11) is 0. The maximum absolute atomic E-state index is 12.7. The number of Topliss-reactive ketones (excluding diaryl/α,β-unsaturated/α-hetero) is 1. The lowest BCUT2D eigenvalue weighted by atomic mass is 9.78. The molecule has 3 aromatic rings. The number of aryl methyl sites for hydroxylation is 1. The number of carbonyl (C=O) groups is 1. The Morgan fingerprint density at radius 2 is 1.62 bits per heavy atom. The fourth-order valence-corrected chi connectivity index (χ4v) is 5.12. The predicted molar refractivity (Wildman–Crippen MR) is 105 cm³/mol. The first-order chi connectivity index (χ1) is 12.4. The highest BCUT2D eigenvalue weighted by molar-refractivity contribution is 6.09. The summed E-state index contributed by atoms with van der Waals surface area (Å²) >= 11 is 0. The smallest absolute Gasteiger partial charge is 0.163 e. The lowest BCUT2D eigenvalue weighted by Crippen LogP contribution is -2.18. The molecule has 0 atom stereocenters. The van der Waals surface area contributed by atoms with Crippen LogP contribution >= 0.6 is 0 Å². The van der Waals surface area contributed by atoms with Crippen molar-refractivity contribution < 1.29 is 9.90 Å². The van der Waals surface area contributed by atoms with Crippen molar-refractivity contribution in [3.63, 3.8) is 0 Å². The minimum absolute atomic E-state index is 0.188. The zero-order chi connectivity index (χ0) is 18.2. The van der Waals surface area contributed by atoms with Gasteiger partial charge >= 0.3 is 0 Å². The zero-order valence-corrected chi connectivity index (χ0v) is 15.4. The van der Waals surface area contributed by atoms with Gasteiger partial charge in [-0.05, 0) is 64.6 Å². The summed E-state index contributed by atoms with van der Waals surface area (Å²) in [6.07, 6.45) is 2.53. The van der Waals surface area contributed by atoms with Crippen molar-refractivity contribution in [1.82, 2.24) is 0 Å². The second kappa shape index (κ2) is 4.97. The van der Waals surface area contributed by atoms with Crippen LogP contribution in [0.1, 0.15) is 59.3 Å². The van der Waals surface area contributed by atoms with Crippen LogP contribution in [0.5, 0.6) is 5.75 Å². The van der Waals surface area contributed by atoms with Gasteiger partial charge in [-0.1, -0.05) is 44.2 Å². The Morgan fingerprint density at radius 3 is 2.38 bits per heavy atom. The third-order valence-electron chi connectivity index (χ3n) is 6.36. The van der Waals surface area contributed by atoms with Crippen molar-refractivity contribution in [3.8, 4) is 16.9 Å². The molecule has 0 aromatic heterocycles. The number of hydrogen-bond acceptors (Lipinski definition) is 2. The van der Waals surface area contributed by atoms with Crippen LogP contribution in [0, 0.1) is 6.92 Å². The summed E-state index contributed by atoms with van der Waals surface area (Å²) in [4.78, 5) is 12.7. The molecule has 2 nitrogen and oxygen atoms in total. The molecule has 0 aliphatic heterocycles. The number of fused-ring (bicyclic) bond motifs is 7. The minimum atomic E-state index is -0.188. The number of ketones is 1. The average molecular weight is 342 g/mol. The zero-order valence-electron chi connectivity index (χ0n) is 15.4. The first-order valence-electron chi connectivity index (χ1n) is 9.37. The van der Waals surface area contributed by atoms with Gasteiger partial charge in [-0.25, -0.2) is 0 Å². The highest BCUT2D eigenvalue weighted by atomic mass is 16.3. The van der Waals surface area contributed by atoms with Crippen LogP contribution < -0.4 is 0 Å². The largest absolute Gasteiger partial charge is 0.507 e. The van der Waals surface area contributed by atoms with Crippen molar-refractivity contribution >= 4 is 16.6 Å². The van der Waals surface area contributed by atoms with E-state index in [4.69, 9.17) is 0 Å². The van der Waals surface area contributed by atoms with Gasteiger partial charge in [-0.2, -0.15) is 0 Å². The van der Waals surface area contributed by atoms with Gasteiger partial charge in [0.25, 0.3) is 0 Å². The monoisotopic (exact) mass is 342 g/mol. The summed E-state index contributed by atoms with van der Waals surface area (Å²) in [5.41, 5.74) is 7.97. The molecule has 26 heavy (non-hydrogen) atoms. The molecule has 0 radical (unpaired) electrons. The molecule has 0 saturated heterocycles. The van der Waals surface area contributed by atoms with E-state index in [1.54, 1.807) is 0 Å². The number of benzene rings is 3. The number of phenols is 1. The number of aromatic hydroxyl groups is 1. The maximum Gasteiger partial charge on any atom is 0.163 e. The molecule has 0 heterocycles. The van der Waals surface area contributed by atoms with Gasteiger partial charge in [-0.15, -0.1) is 0 Å². The molecular weight excluding hydrogens is 320 g/mol. The Kier molecular flexibility index (Phi) is 2.99. The van der Waals surface area contributed by atoms with Crippen LogP contribution in [0.25, 0.3) is 21.9 Å². The third kappa shape index (κ3) is 1.79. The second-order valence-electron chi connectivity index (χ2n) is 8.24. The fraction of sp³-hybridized carbons (Fsp3) is 0.292. The lowest BCUT2D eigenvalue weighted by Gasteiger charge is -2.25. The van der Waals surface area contributed by atoms with Crippen LogP contribution in [0.2, 0.25) is 0 Å². The van der Waals surface area contributed by atoms with Crippen LogP contribution in [-0.4, -0.2) is 10.9 Å². The summed E-state index contributed by atoms with van der Waals surface area (Å²) < 4.78 is 0. The van der Waals surface area contributed by atoms with Gasteiger partial charge in [-0.3, -0.25) is 4.79 Å². The topological polar surface area (TPSA) is 37.3 Å². The van der Waals surface area contributed by atoms with Crippen molar-refractivity contribution in [2.24, 2.45) is 0 Å². The maximum atomic E-state index is 12.7. The van der Waals surface area contributed by atoms with Gasteiger partial charge in [0.15, 0.2) is 5.78 Å². The van der Waals surface area contributed by atoms with E-state index in [0.717, 1.165) is 40.3 Å². The quantitative estimate of drug-likeness (QED) is 0.571. The van der Waals surface area contributed by atoms with Gasteiger partial charge in [0, 0.05) is 22.8 Å². The van der Waals surface area contributed by atoms with Crippen LogP contribution in [0.15, 0.2) is 36.4 Å². The Labute approximate surface area is 153 Å². The highest BCUT2D eigenvalue weighted by Crippen LogP contribution is 2.55. The number of rotatable bonds is 0. The molecule has 1 N–H and O–H groups in total. The van der Waals surface area contributed by atoms with Crippen molar-refractivity contribution in [1.29, 1.82) is 0 Å².